The Kier molecular flexibility index (Phi) is 4.96. The number of rotatable bonds is 5. The second-order valence-corrected chi connectivity index (χ2v) is 9.59. The number of pyridine rings is 1. The van der Waals surface area contributed by atoms with Gasteiger partial charge in [-0.15, -0.1) is 0 Å². The molecule has 5 rings (SSSR count). The van der Waals surface area contributed by atoms with Gasteiger partial charge < -0.3 is 15.1 Å². The number of alkyl halides is 2. The lowest BCUT2D eigenvalue weighted by Gasteiger charge is -2.41. The average molecular weight is 453 g/mol. The molecule has 1 N–H and O–H groups in total. The van der Waals surface area contributed by atoms with Gasteiger partial charge in [-0.3, -0.25) is 9.78 Å². The first kappa shape index (κ1) is 21.5. The normalized spacial score (nSPS) is 25.5. The first-order valence-electron chi connectivity index (χ1n) is 11.1. The summed E-state index contributed by atoms with van der Waals surface area (Å²) in [5.41, 5.74) is 0.704. The minimum atomic E-state index is -2.84. The van der Waals surface area contributed by atoms with Crippen molar-refractivity contribution in [1.82, 2.24) is 19.9 Å². The maximum Gasteiger partial charge on any atom is 0.260 e. The highest BCUT2D eigenvalue weighted by Crippen LogP contribution is 2.51. The fourth-order valence-corrected chi connectivity index (χ4v) is 4.72. The molecule has 0 aromatic carbocycles. The van der Waals surface area contributed by atoms with E-state index in [1.165, 1.54) is 0 Å². The van der Waals surface area contributed by atoms with Gasteiger partial charge in [0, 0.05) is 37.8 Å². The lowest BCUT2D eigenvalue weighted by Crippen LogP contribution is -2.56. The first-order valence-corrected chi connectivity index (χ1v) is 11.1. The number of nitrogens with zero attached hydrogens (tertiary/aromatic N) is 6. The van der Waals surface area contributed by atoms with Gasteiger partial charge in [0.05, 0.1) is 29.1 Å². The predicted molar refractivity (Wildman–Crippen MR) is 117 cm³/mol. The molecule has 1 aliphatic carbocycles. The molecule has 8 nitrogen and oxygen atoms in total. The minimum Gasteiger partial charge on any atom is -0.352 e. The van der Waals surface area contributed by atoms with Crippen molar-refractivity contribution in [1.29, 1.82) is 5.26 Å². The predicted octanol–water partition coefficient (Wildman–Crippen LogP) is 3.25. The Bertz CT molecular complexity index is 1100. The van der Waals surface area contributed by atoms with Crippen molar-refractivity contribution in [3.8, 4) is 6.07 Å². The summed E-state index contributed by atoms with van der Waals surface area (Å²) in [5, 5.41) is 12.4. The second kappa shape index (κ2) is 7.61. The molecule has 2 bridgehead atoms. The number of carbonyl (C=O) groups is 1. The highest BCUT2D eigenvalue weighted by Gasteiger charge is 2.64. The minimum absolute atomic E-state index is 0.0701. The Hall–Kier alpha value is -3.35. The highest BCUT2D eigenvalue weighted by molar-refractivity contribution is 5.84. The summed E-state index contributed by atoms with van der Waals surface area (Å²) in [6, 6.07) is 7.53. The van der Waals surface area contributed by atoms with E-state index in [4.69, 9.17) is 0 Å². The number of nitriles is 1. The van der Waals surface area contributed by atoms with Crippen molar-refractivity contribution in [3.63, 3.8) is 0 Å². The molecule has 1 unspecified atom stereocenters. The zero-order chi connectivity index (χ0) is 23.4. The smallest absolute Gasteiger partial charge is 0.260 e. The van der Waals surface area contributed by atoms with Crippen LogP contribution in [0, 0.1) is 17.2 Å². The van der Waals surface area contributed by atoms with E-state index in [9.17, 15) is 18.8 Å². The van der Waals surface area contributed by atoms with Gasteiger partial charge in [0.2, 0.25) is 11.9 Å². The number of carbonyl (C=O) groups excluding carboxylic acids is 1. The van der Waals surface area contributed by atoms with Crippen LogP contribution >= 0.6 is 0 Å². The molecular weight excluding hydrogens is 428 g/mol. The molecular formula is C23H25F2N7O. The largest absolute Gasteiger partial charge is 0.352 e. The van der Waals surface area contributed by atoms with E-state index >= 15 is 0 Å². The summed E-state index contributed by atoms with van der Waals surface area (Å²) in [5.74, 6) is -3.24. The van der Waals surface area contributed by atoms with Gasteiger partial charge >= 0.3 is 0 Å². The van der Waals surface area contributed by atoms with E-state index in [1.54, 1.807) is 23.4 Å². The van der Waals surface area contributed by atoms with Crippen LogP contribution in [0.4, 0.5) is 26.2 Å². The summed E-state index contributed by atoms with van der Waals surface area (Å²) in [4.78, 5) is 29.7. The fraction of sp³-hybridized carbons (Fsp3) is 0.522. The number of piperazine rings is 1. The van der Waals surface area contributed by atoms with E-state index in [0.717, 1.165) is 18.7 Å². The van der Waals surface area contributed by atoms with E-state index in [2.05, 4.69) is 31.2 Å². The molecule has 3 fully saturated rings. The monoisotopic (exact) mass is 453 g/mol. The van der Waals surface area contributed by atoms with E-state index in [1.807, 2.05) is 26.0 Å². The summed E-state index contributed by atoms with van der Waals surface area (Å²) in [7, 11) is 0. The maximum atomic E-state index is 13.4. The number of anilines is 3. The van der Waals surface area contributed by atoms with E-state index < -0.39 is 23.2 Å². The number of hydrogen-bond acceptors (Lipinski definition) is 7. The van der Waals surface area contributed by atoms with Crippen LogP contribution in [0.25, 0.3) is 0 Å². The molecule has 33 heavy (non-hydrogen) atoms. The van der Waals surface area contributed by atoms with Crippen molar-refractivity contribution >= 4 is 23.4 Å². The van der Waals surface area contributed by atoms with Crippen LogP contribution < -0.4 is 10.2 Å². The molecule has 0 radical (unpaired) electrons. The number of halogens is 2. The van der Waals surface area contributed by atoms with Crippen molar-refractivity contribution < 1.29 is 13.6 Å². The van der Waals surface area contributed by atoms with Gasteiger partial charge in [-0.1, -0.05) is 0 Å². The Morgan fingerprint density at radius 1 is 1.21 bits per heavy atom. The van der Waals surface area contributed by atoms with Crippen molar-refractivity contribution in [2.24, 2.45) is 5.92 Å². The van der Waals surface area contributed by atoms with Crippen molar-refractivity contribution in [2.75, 3.05) is 23.3 Å². The van der Waals surface area contributed by atoms with Gasteiger partial charge in [0.1, 0.15) is 11.7 Å². The number of amides is 1. The Morgan fingerprint density at radius 2 is 1.91 bits per heavy atom. The molecule has 3 atom stereocenters. The summed E-state index contributed by atoms with van der Waals surface area (Å²) < 4.78 is 26.9. The SMILES string of the molecule is CC(C)(C#N)c1ccc(Nc2nccc(N3CC4CC[C@@H](C3)N4C(=O)[C@@H]3CC3(F)F)n2)cn1. The Balaban J connectivity index is 1.27. The molecule has 2 aromatic rings. The number of aromatic nitrogens is 3. The zero-order valence-corrected chi connectivity index (χ0v) is 18.5. The van der Waals surface area contributed by atoms with Gasteiger partial charge in [-0.05, 0) is 44.9 Å². The van der Waals surface area contributed by atoms with Crippen molar-refractivity contribution in [2.45, 2.75) is 56.5 Å². The summed E-state index contributed by atoms with van der Waals surface area (Å²) >= 11 is 0. The molecule has 1 saturated carbocycles. The topological polar surface area (TPSA) is 98.0 Å². The summed E-state index contributed by atoms with van der Waals surface area (Å²) in [6.45, 7) is 4.75. The van der Waals surface area contributed by atoms with Crippen LogP contribution in [-0.4, -0.2) is 56.9 Å². The third-order valence-corrected chi connectivity index (χ3v) is 6.77. The molecule has 1 amide bonds. The van der Waals surface area contributed by atoms with E-state index in [-0.39, 0.29) is 18.5 Å². The lowest BCUT2D eigenvalue weighted by molar-refractivity contribution is -0.138. The standard InChI is InChI=1S/C23H25F2N7O/c1-22(2,13-26)18-6-3-14(10-28-18)29-21-27-8-7-19(30-21)31-11-15-4-5-16(12-31)32(15)20(33)17-9-23(17,24)25/h3,6-8,10,15-17H,4-5,9,11-12H2,1-2H3,(H,27,29,30)/t15-,16?,17-/m0/s1. The third-order valence-electron chi connectivity index (χ3n) is 6.77. The second-order valence-electron chi connectivity index (χ2n) is 9.59. The highest BCUT2D eigenvalue weighted by atomic mass is 19.3. The Morgan fingerprint density at radius 3 is 2.48 bits per heavy atom. The quantitative estimate of drug-likeness (QED) is 0.742. The van der Waals surface area contributed by atoms with Crippen LogP contribution in [0.3, 0.4) is 0 Å². The first-order chi connectivity index (χ1) is 15.7. The Labute approximate surface area is 190 Å². The van der Waals surface area contributed by atoms with Gasteiger partial charge in [-0.2, -0.15) is 10.2 Å². The number of nitrogens with one attached hydrogen (secondary N) is 1. The third kappa shape index (κ3) is 3.96. The molecule has 2 aromatic heterocycles. The molecule has 2 aliphatic heterocycles. The van der Waals surface area contributed by atoms with Crippen molar-refractivity contribution in [3.05, 3.63) is 36.3 Å². The van der Waals surface area contributed by atoms with Crippen LogP contribution in [0.2, 0.25) is 0 Å². The number of hydrogen-bond donors (Lipinski definition) is 1. The van der Waals surface area contributed by atoms with Gasteiger partial charge in [-0.25, -0.2) is 13.8 Å². The van der Waals surface area contributed by atoms with E-state index in [0.29, 0.717) is 30.4 Å². The van der Waals surface area contributed by atoms with Crippen LogP contribution in [0.1, 0.15) is 38.8 Å². The molecule has 3 aliphatic rings. The van der Waals surface area contributed by atoms with Gasteiger partial charge in [0.15, 0.2) is 0 Å². The van der Waals surface area contributed by atoms with Crippen LogP contribution in [0.15, 0.2) is 30.6 Å². The molecule has 0 spiro atoms. The molecule has 172 valence electrons. The molecule has 4 heterocycles. The van der Waals surface area contributed by atoms with Crippen LogP contribution in [0.5, 0.6) is 0 Å². The maximum absolute atomic E-state index is 13.4. The number of fused-ring (bicyclic) bond motifs is 2. The summed E-state index contributed by atoms with van der Waals surface area (Å²) in [6.07, 6.45) is 4.62. The molecule has 2 saturated heterocycles. The fourth-order valence-electron chi connectivity index (χ4n) is 4.72. The molecule has 10 heteroatoms. The van der Waals surface area contributed by atoms with Crippen LogP contribution in [-0.2, 0) is 10.2 Å². The van der Waals surface area contributed by atoms with Gasteiger partial charge in [0.25, 0.3) is 5.92 Å². The zero-order valence-electron chi connectivity index (χ0n) is 18.5. The lowest BCUT2D eigenvalue weighted by atomic mass is 9.91. The average Bonchev–Trinajstić information content (AvgIpc) is 3.36.